The lowest BCUT2D eigenvalue weighted by atomic mass is 9.97. The number of benzene rings is 1. The monoisotopic (exact) mass is 242 g/mol. The maximum absolute atomic E-state index is 9.85. The molecule has 1 saturated carbocycles. The highest BCUT2D eigenvalue weighted by Crippen LogP contribution is 2.34. The Morgan fingerprint density at radius 2 is 2.07 bits per heavy atom. The normalized spacial score (nSPS) is 26.5. The van der Waals surface area contributed by atoms with Crippen LogP contribution in [-0.4, -0.2) is 16.5 Å². The van der Waals surface area contributed by atoms with Gasteiger partial charge in [0.1, 0.15) is 0 Å². The molecule has 0 saturated heterocycles. The Morgan fingerprint density at radius 3 is 2.80 bits per heavy atom. The number of thioether (sulfide) groups is 1. The highest BCUT2D eigenvalue weighted by Gasteiger charge is 2.23. The first-order chi connectivity index (χ1) is 7.25. The molecular weight excluding hydrogens is 228 g/mol. The zero-order valence-corrected chi connectivity index (χ0v) is 10.1. The molecule has 0 aliphatic heterocycles. The van der Waals surface area contributed by atoms with Crippen LogP contribution in [0.5, 0.6) is 0 Å². The van der Waals surface area contributed by atoms with E-state index < -0.39 is 0 Å². The first-order valence-electron chi connectivity index (χ1n) is 5.36. The topological polar surface area (TPSA) is 20.2 Å². The fourth-order valence-corrected chi connectivity index (χ4v) is 3.46. The predicted octanol–water partition coefficient (Wildman–Crippen LogP) is 3.74. The zero-order chi connectivity index (χ0) is 10.7. The third-order valence-corrected chi connectivity index (χ3v) is 4.37. The summed E-state index contributed by atoms with van der Waals surface area (Å²) in [5.41, 5.74) is 0. The van der Waals surface area contributed by atoms with Crippen molar-refractivity contribution in [1.29, 1.82) is 0 Å². The molecule has 3 heteroatoms. The lowest BCUT2D eigenvalue weighted by Crippen LogP contribution is -2.26. The molecule has 0 aromatic heterocycles. The molecule has 0 unspecified atom stereocenters. The second-order valence-corrected chi connectivity index (χ2v) is 5.71. The highest BCUT2D eigenvalue weighted by molar-refractivity contribution is 8.00. The Kier molecular flexibility index (Phi) is 3.95. The molecule has 1 aromatic carbocycles. The molecule has 0 amide bonds. The van der Waals surface area contributed by atoms with Gasteiger partial charge < -0.3 is 5.11 Å². The van der Waals surface area contributed by atoms with Crippen LogP contribution in [0.3, 0.4) is 0 Å². The predicted molar refractivity (Wildman–Crippen MR) is 65.6 cm³/mol. The van der Waals surface area contributed by atoms with E-state index in [1.165, 1.54) is 6.42 Å². The van der Waals surface area contributed by atoms with Crippen molar-refractivity contribution in [3.63, 3.8) is 0 Å². The molecule has 1 aliphatic carbocycles. The van der Waals surface area contributed by atoms with Gasteiger partial charge in [-0.05, 0) is 31.0 Å². The summed E-state index contributed by atoms with van der Waals surface area (Å²) in [5, 5.41) is 11.0. The van der Waals surface area contributed by atoms with Crippen molar-refractivity contribution in [2.24, 2.45) is 0 Å². The summed E-state index contributed by atoms with van der Waals surface area (Å²) in [7, 11) is 0. The van der Waals surface area contributed by atoms with Gasteiger partial charge in [0.05, 0.1) is 6.10 Å². The zero-order valence-electron chi connectivity index (χ0n) is 8.53. The van der Waals surface area contributed by atoms with Crippen LogP contribution in [-0.2, 0) is 0 Å². The summed E-state index contributed by atoms with van der Waals surface area (Å²) < 4.78 is 0. The van der Waals surface area contributed by atoms with E-state index in [-0.39, 0.29) is 6.10 Å². The Bertz CT molecular complexity index is 329. The summed E-state index contributed by atoms with van der Waals surface area (Å²) in [6, 6.07) is 7.86. The lowest BCUT2D eigenvalue weighted by Gasteiger charge is -2.26. The van der Waals surface area contributed by atoms with Gasteiger partial charge in [-0.3, -0.25) is 0 Å². The van der Waals surface area contributed by atoms with Crippen molar-refractivity contribution >= 4 is 23.4 Å². The summed E-state index contributed by atoms with van der Waals surface area (Å²) in [5.74, 6) is 0. The number of aliphatic hydroxyl groups is 1. The van der Waals surface area contributed by atoms with E-state index in [0.29, 0.717) is 5.25 Å². The van der Waals surface area contributed by atoms with Crippen molar-refractivity contribution in [3.05, 3.63) is 29.3 Å². The van der Waals surface area contributed by atoms with Gasteiger partial charge in [0.15, 0.2) is 0 Å². The molecule has 0 heterocycles. The number of rotatable bonds is 2. The second kappa shape index (κ2) is 5.24. The van der Waals surface area contributed by atoms with E-state index in [0.717, 1.165) is 29.2 Å². The third kappa shape index (κ3) is 3.13. The van der Waals surface area contributed by atoms with Crippen LogP contribution in [0.25, 0.3) is 0 Å². The number of aliphatic hydroxyl groups excluding tert-OH is 1. The molecule has 2 atom stereocenters. The minimum Gasteiger partial charge on any atom is -0.392 e. The average molecular weight is 243 g/mol. The number of halogens is 1. The maximum atomic E-state index is 9.85. The van der Waals surface area contributed by atoms with Crippen LogP contribution in [0, 0.1) is 0 Å². The van der Waals surface area contributed by atoms with Crippen molar-refractivity contribution in [2.75, 3.05) is 0 Å². The van der Waals surface area contributed by atoms with Gasteiger partial charge in [0, 0.05) is 15.2 Å². The second-order valence-electron chi connectivity index (χ2n) is 3.97. The van der Waals surface area contributed by atoms with E-state index in [1.54, 1.807) is 11.8 Å². The molecule has 82 valence electrons. The van der Waals surface area contributed by atoms with E-state index in [4.69, 9.17) is 11.6 Å². The number of hydrogen-bond donors (Lipinski definition) is 1. The van der Waals surface area contributed by atoms with Gasteiger partial charge in [-0.2, -0.15) is 0 Å². The van der Waals surface area contributed by atoms with Crippen molar-refractivity contribution in [2.45, 2.75) is 41.9 Å². The molecule has 1 N–H and O–H groups in total. The number of hydrogen-bond acceptors (Lipinski definition) is 2. The Morgan fingerprint density at radius 1 is 1.27 bits per heavy atom. The summed E-state index contributed by atoms with van der Waals surface area (Å²) in [6.07, 6.45) is 4.29. The van der Waals surface area contributed by atoms with Crippen LogP contribution in [0.15, 0.2) is 29.2 Å². The highest BCUT2D eigenvalue weighted by atomic mass is 35.5. The molecule has 0 radical (unpaired) electrons. The third-order valence-electron chi connectivity index (χ3n) is 2.75. The molecule has 0 bridgehead atoms. The van der Waals surface area contributed by atoms with Gasteiger partial charge in [-0.25, -0.2) is 0 Å². The molecule has 1 aliphatic rings. The largest absolute Gasteiger partial charge is 0.392 e. The van der Waals surface area contributed by atoms with Crippen LogP contribution in [0.1, 0.15) is 25.7 Å². The van der Waals surface area contributed by atoms with E-state index in [2.05, 4.69) is 6.07 Å². The van der Waals surface area contributed by atoms with Gasteiger partial charge in [0.25, 0.3) is 0 Å². The van der Waals surface area contributed by atoms with Gasteiger partial charge in [-0.15, -0.1) is 11.8 Å². The fraction of sp³-hybridized carbons (Fsp3) is 0.500. The van der Waals surface area contributed by atoms with Crippen LogP contribution >= 0.6 is 23.4 Å². The molecular formula is C12H15ClOS. The minimum absolute atomic E-state index is 0.150. The molecule has 1 nitrogen and oxygen atoms in total. The Balaban J connectivity index is 2.01. The molecule has 15 heavy (non-hydrogen) atoms. The molecule has 0 spiro atoms. The quantitative estimate of drug-likeness (QED) is 0.853. The van der Waals surface area contributed by atoms with Crippen molar-refractivity contribution in [1.82, 2.24) is 0 Å². The van der Waals surface area contributed by atoms with Crippen LogP contribution in [0.4, 0.5) is 0 Å². The summed E-state index contributed by atoms with van der Waals surface area (Å²) >= 11 is 7.68. The maximum Gasteiger partial charge on any atom is 0.0662 e. The minimum atomic E-state index is -0.150. The van der Waals surface area contributed by atoms with Gasteiger partial charge >= 0.3 is 0 Å². The van der Waals surface area contributed by atoms with E-state index in [1.807, 2.05) is 18.2 Å². The molecule has 2 rings (SSSR count). The fourth-order valence-electron chi connectivity index (χ4n) is 1.93. The SMILES string of the molecule is O[C@@H]1CCCC[C@H]1Sc1cccc(Cl)c1. The van der Waals surface area contributed by atoms with Crippen molar-refractivity contribution < 1.29 is 5.11 Å². The molecule has 1 aromatic rings. The van der Waals surface area contributed by atoms with Gasteiger partial charge in [-0.1, -0.05) is 30.5 Å². The Hall–Kier alpha value is -0.180. The Labute approximate surface area is 99.8 Å². The van der Waals surface area contributed by atoms with Gasteiger partial charge in [0.2, 0.25) is 0 Å². The van der Waals surface area contributed by atoms with Crippen LogP contribution < -0.4 is 0 Å². The van der Waals surface area contributed by atoms with E-state index >= 15 is 0 Å². The average Bonchev–Trinajstić information content (AvgIpc) is 2.22. The van der Waals surface area contributed by atoms with Crippen LogP contribution in [0.2, 0.25) is 5.02 Å². The van der Waals surface area contributed by atoms with E-state index in [9.17, 15) is 5.11 Å². The smallest absolute Gasteiger partial charge is 0.0662 e. The standard InChI is InChI=1S/C12H15ClOS/c13-9-4-3-5-10(8-9)15-12-7-2-1-6-11(12)14/h3-5,8,11-12,14H,1-2,6-7H2/t11-,12-/m1/s1. The van der Waals surface area contributed by atoms with Crippen molar-refractivity contribution in [3.8, 4) is 0 Å². The lowest BCUT2D eigenvalue weighted by molar-refractivity contribution is 0.137. The summed E-state index contributed by atoms with van der Waals surface area (Å²) in [4.78, 5) is 1.16. The first-order valence-corrected chi connectivity index (χ1v) is 6.62. The summed E-state index contributed by atoms with van der Waals surface area (Å²) in [6.45, 7) is 0. The molecule has 1 fully saturated rings. The first kappa shape index (κ1) is 11.3.